The number of aliphatic carboxylic acids is 2. The molecule has 9 heterocycles. The lowest BCUT2D eigenvalue weighted by molar-refractivity contribution is -0.278. The lowest BCUT2D eigenvalue weighted by Gasteiger charge is -2.43. The number of halogens is 5. The van der Waals surface area contributed by atoms with Gasteiger partial charge in [-0.25, -0.2) is 9.59 Å². The SMILES string of the molecule is CCCCCCCCCC(=O)N[C@H]1[C@@H](O[C@@H]2c3cc(Cl)c(c(Cl)c3)Oc3cc4cc(c3O[C@@H]3O[C@H](CO)[C@@H](O)[C@H](O)[C@@H]3O)Oc3ccc(cc3Cl)[C@@H](O)[C@H]3NC(=O)[C@@H](NC)c5ccc(O)c(c5)Oc5cc(O)c(Cl)c(c5)[C@H](NC3=O)C(=O)N[C@H]4C(=O)N[C@H]3C(=O)N[C@@H]2C(=O)N[C@H](C(=O)O)c2cc(O)cc(O)c2-c2cc3cc(Cl)c2O[C@@H]2O[C@H](CO)[C@@H](O)[C@H](O)[C@H]2O)O[C@H](C(=O)O)[C@@H](O)[C@@H]1O. The summed E-state index contributed by atoms with van der Waals surface area (Å²) in [7, 11) is 1.32. The van der Waals surface area contributed by atoms with Gasteiger partial charge in [0.05, 0.1) is 38.3 Å². The Bertz CT molecular complexity index is 5730. The van der Waals surface area contributed by atoms with Gasteiger partial charge in [0.15, 0.2) is 47.2 Å². The first-order valence-electron chi connectivity index (χ1n) is 42.0. The number of aliphatic hydroxyl groups excluding tert-OH is 11. The highest BCUT2D eigenvalue weighted by Crippen LogP contribution is 2.53. The first-order chi connectivity index (χ1) is 64.2. The number of rotatable bonds is 20. The van der Waals surface area contributed by atoms with Gasteiger partial charge in [-0.15, -0.1) is 0 Å². The van der Waals surface area contributed by atoms with Crippen molar-refractivity contribution in [2.75, 3.05) is 20.3 Å². The van der Waals surface area contributed by atoms with Crippen LogP contribution < -0.4 is 66.2 Å². The van der Waals surface area contributed by atoms with Crippen LogP contribution in [0.2, 0.25) is 25.1 Å². The number of phenolic OH excluding ortho intramolecular Hbond substituents is 4. The number of aliphatic hydroxyl groups is 11. The van der Waals surface area contributed by atoms with Crippen molar-refractivity contribution in [2.24, 2.45) is 0 Å². The Kier molecular flexibility index (Phi) is 30.9. The molecule has 0 saturated carbocycles. The summed E-state index contributed by atoms with van der Waals surface area (Å²) in [5, 5.41) is 211. The Morgan fingerprint density at radius 1 is 0.452 bits per heavy atom. The molecule has 135 heavy (non-hydrogen) atoms. The van der Waals surface area contributed by atoms with Crippen LogP contribution in [0.3, 0.4) is 0 Å². The van der Waals surface area contributed by atoms with Crippen LogP contribution in [-0.4, -0.2) is 265 Å². The highest BCUT2D eigenvalue weighted by Gasteiger charge is 2.54. The van der Waals surface area contributed by atoms with Crippen LogP contribution in [0.25, 0.3) is 11.1 Å². The van der Waals surface area contributed by atoms with E-state index in [4.69, 9.17) is 101 Å². The zero-order chi connectivity index (χ0) is 97.5. The van der Waals surface area contributed by atoms with E-state index in [2.05, 4.69) is 42.5 Å². The minimum absolute atomic E-state index is 0.0424. The number of likely N-dealkylation sites (N-methyl/N-ethyl adjacent to an activating group) is 1. The van der Waals surface area contributed by atoms with Gasteiger partial charge >= 0.3 is 11.9 Å². The molecule has 0 unspecified atom stereocenters. The van der Waals surface area contributed by atoms with Crippen molar-refractivity contribution in [3.05, 3.63) is 161 Å². The second kappa shape index (κ2) is 41.8. The summed E-state index contributed by atoms with van der Waals surface area (Å²) in [6.07, 6.45) is -31.6. The first kappa shape index (κ1) is 99.7. The summed E-state index contributed by atoms with van der Waals surface area (Å²) >= 11 is 36.4. The molecule has 724 valence electrons. The van der Waals surface area contributed by atoms with Crippen molar-refractivity contribution >= 4 is 111 Å². The summed E-state index contributed by atoms with van der Waals surface area (Å²) in [6, 6.07) is -4.49. The average Bonchev–Trinajstić information content (AvgIpc) is 0.749. The Balaban J connectivity index is 1.06. The fourth-order valence-corrected chi connectivity index (χ4v) is 17.9. The molecule has 43 nitrogen and oxygen atoms in total. The molecule has 16 rings (SSSR count). The van der Waals surface area contributed by atoms with Crippen LogP contribution in [-0.2, 0) is 62.1 Å². The Morgan fingerprint density at radius 2 is 1.01 bits per heavy atom. The highest BCUT2D eigenvalue weighted by atomic mass is 35.5. The van der Waals surface area contributed by atoms with E-state index in [0.29, 0.717) is 25.0 Å². The largest absolute Gasteiger partial charge is 0.508 e. The molecule has 17 bridgehead atoms. The number of carbonyl (C=O) groups is 9. The molecule has 9 aliphatic heterocycles. The van der Waals surface area contributed by atoms with Gasteiger partial charge in [-0.3, -0.25) is 33.6 Å². The summed E-state index contributed by atoms with van der Waals surface area (Å²) in [4.78, 5) is 140. The predicted octanol–water partition coefficient (Wildman–Crippen LogP) is 2.82. The smallest absolute Gasteiger partial charge is 0.335 e. The van der Waals surface area contributed by atoms with Crippen LogP contribution in [0, 0.1) is 0 Å². The number of nitrogens with one attached hydrogen (secondary N) is 8. The van der Waals surface area contributed by atoms with Crippen molar-refractivity contribution in [3.8, 4) is 80.1 Å². The van der Waals surface area contributed by atoms with E-state index in [1.54, 1.807) is 0 Å². The Labute approximate surface area is 788 Å². The molecule has 3 fully saturated rings. The normalized spacial score (nSPS) is 29.1. The van der Waals surface area contributed by atoms with Crippen molar-refractivity contribution < 1.29 is 173 Å². The molecule has 48 heteroatoms. The number of unbranched alkanes of at least 4 members (excludes halogenated alkanes) is 6. The minimum Gasteiger partial charge on any atom is -0.508 e. The van der Waals surface area contributed by atoms with Crippen LogP contribution in [0.5, 0.6) is 69.0 Å². The lowest BCUT2D eigenvalue weighted by atomic mass is 9.89. The number of carboxylic acid groups (broad SMARTS) is 2. The molecule has 24 atom stereocenters. The molecule has 7 aromatic rings. The summed E-state index contributed by atoms with van der Waals surface area (Å²) in [6.45, 7) is -0.158. The third kappa shape index (κ3) is 20.8. The standard InChI is InChI=1S/C87H91Cl5N8O35/c1-3-4-5-6-7-8-9-10-52(107)94-61-66(111)69(114)76(84(125)126)135-85(61)132-72-33-18-41(90)74(42(91)19-33)129-49-22-32-21-48(75(49)134-87-71(116)68(113)65(110)51(28-102)131-87)128-46-14-12-30(16-39(46)88)63(108)60-81(121)97-58(38-25-35(26-45(106)54(38)92)127-47-20-29(11-13-43(47)104)55(93-2)77(117)99-60)80(120)96-57(32)78(118)95-56-31-15-37(73(40(89)17-31)133-86-70(115)67(112)64(109)50(27-101)130-86)53-36(23-34(103)24-44(53)105)59(83(123)124)98-82(122)62(72)100-79(56)119/h11-26,50-51,55-72,76,85-87,93,101-106,108-116H,3-10,27-28H2,1-2H3,(H,94,107)(H,95,118)(H,96,120)(H,97,121)(H,98,122)(H,99,117)(H,100,119)(H,123,124)(H,125,126)/t50-,51-,55+,56-,57-,58+,59+,60-,61-,62+,63-,64-,65-,66-,67+,68+,69+,70-,71+,72-,76+,85+,86+,87+/m1/s1. The molecule has 0 aliphatic carbocycles. The average molecular weight is 1990 g/mol. The predicted molar refractivity (Wildman–Crippen MR) is 463 cm³/mol. The number of fused-ring (bicyclic) bond motifs is 14. The maximum Gasteiger partial charge on any atom is 0.335 e. The number of hydrogen-bond acceptors (Lipinski definition) is 34. The van der Waals surface area contributed by atoms with Crippen molar-refractivity contribution in [3.63, 3.8) is 0 Å². The monoisotopic (exact) mass is 1980 g/mol. The summed E-state index contributed by atoms with van der Waals surface area (Å²) in [5.74, 6) is -24.0. The number of phenols is 4. The second-order valence-corrected chi connectivity index (χ2v) is 34.7. The summed E-state index contributed by atoms with van der Waals surface area (Å²) < 4.78 is 56.3. The topological polar surface area (TPSA) is 677 Å². The van der Waals surface area contributed by atoms with E-state index in [9.17, 15) is 106 Å². The third-order valence-electron chi connectivity index (χ3n) is 23.6. The maximum absolute atomic E-state index is 17.1. The van der Waals surface area contributed by atoms with Crippen molar-refractivity contribution in [1.29, 1.82) is 0 Å². The van der Waals surface area contributed by atoms with Crippen LogP contribution in [0.1, 0.15) is 140 Å². The zero-order valence-corrected chi connectivity index (χ0v) is 74.3. The van der Waals surface area contributed by atoms with E-state index < -0.39 is 346 Å². The minimum atomic E-state index is -2.79. The number of carbonyl (C=O) groups excluding carboxylic acids is 7. The number of aromatic hydroxyl groups is 4. The number of hydrogen-bond donors (Lipinski definition) is 25. The number of benzene rings is 7. The van der Waals surface area contributed by atoms with Gasteiger partial charge in [0.1, 0.15) is 150 Å². The molecule has 0 radical (unpaired) electrons. The van der Waals surface area contributed by atoms with Crippen molar-refractivity contribution in [2.45, 2.75) is 205 Å². The van der Waals surface area contributed by atoms with Crippen LogP contribution in [0.4, 0.5) is 0 Å². The van der Waals surface area contributed by atoms with E-state index in [0.717, 1.165) is 98.5 Å². The van der Waals surface area contributed by atoms with E-state index in [1.165, 1.54) is 19.2 Å². The first-order valence-corrected chi connectivity index (χ1v) is 43.9. The molecule has 0 aromatic heterocycles. The van der Waals surface area contributed by atoms with Crippen LogP contribution in [0.15, 0.2) is 97.1 Å². The number of ether oxygens (including phenoxy) is 9. The molecular formula is C87H91Cl5N8O35. The van der Waals surface area contributed by atoms with Crippen molar-refractivity contribution in [1.82, 2.24) is 42.5 Å². The fraction of sp³-hybridized carbons (Fsp3) is 0.414. The molecular weight excluding hydrogens is 1890 g/mol. The van der Waals surface area contributed by atoms with Crippen LogP contribution >= 0.6 is 58.0 Å². The quantitative estimate of drug-likeness (QED) is 0.0488. The molecule has 0 spiro atoms. The third-order valence-corrected chi connectivity index (χ3v) is 25.2. The zero-order valence-electron chi connectivity index (χ0n) is 70.5. The molecule has 7 aromatic carbocycles. The summed E-state index contributed by atoms with van der Waals surface area (Å²) in [5.41, 5.74) is -5.61. The second-order valence-electron chi connectivity index (χ2n) is 32.7. The van der Waals surface area contributed by atoms with Gasteiger partial charge in [0, 0.05) is 40.8 Å². The van der Waals surface area contributed by atoms with E-state index in [-0.39, 0.29) is 24.0 Å². The van der Waals surface area contributed by atoms with Gasteiger partial charge in [0.2, 0.25) is 59.7 Å². The van der Waals surface area contributed by atoms with Gasteiger partial charge in [0.25, 0.3) is 0 Å². The number of amides is 7. The maximum atomic E-state index is 17.1. The van der Waals surface area contributed by atoms with E-state index >= 15 is 24.0 Å². The highest BCUT2D eigenvalue weighted by molar-refractivity contribution is 6.37. The molecule has 3 saturated heterocycles. The molecule has 9 aliphatic rings. The Hall–Kier alpha value is -11.2. The molecule has 25 N–H and O–H groups in total. The van der Waals surface area contributed by atoms with Gasteiger partial charge in [-0.05, 0) is 114 Å². The van der Waals surface area contributed by atoms with Gasteiger partial charge < -0.3 is 172 Å². The number of carboxylic acids is 2. The van der Waals surface area contributed by atoms with Gasteiger partial charge in [-0.2, -0.15) is 0 Å². The fourth-order valence-electron chi connectivity index (χ4n) is 16.6. The van der Waals surface area contributed by atoms with Gasteiger partial charge in [-0.1, -0.05) is 116 Å². The lowest BCUT2D eigenvalue weighted by Crippen LogP contribution is -2.66. The van der Waals surface area contributed by atoms with E-state index in [1.807, 2.05) is 6.92 Å². The molecule has 7 amide bonds. The Morgan fingerprint density at radius 3 is 1.62 bits per heavy atom.